The van der Waals surface area contributed by atoms with Crippen LogP contribution in [0.3, 0.4) is 0 Å². The lowest BCUT2D eigenvalue weighted by Crippen LogP contribution is -2.38. The van der Waals surface area contributed by atoms with E-state index in [1.807, 2.05) is 91.9 Å². The number of hydrogen-bond acceptors (Lipinski definition) is 5. The number of hydrogen-bond donors (Lipinski definition) is 2. The number of nitrogens with zero attached hydrogens (tertiary/aromatic N) is 1. The number of ether oxygens (including phenoxy) is 1. The number of allylic oxidation sites excluding steroid dienone is 1. The summed E-state index contributed by atoms with van der Waals surface area (Å²) in [5.74, 6) is -1.22. The summed E-state index contributed by atoms with van der Waals surface area (Å²) in [4.78, 5) is 31.5. The molecule has 2 N–H and O–H groups in total. The van der Waals surface area contributed by atoms with Crippen molar-refractivity contribution in [1.29, 1.82) is 0 Å². The third-order valence-corrected chi connectivity index (χ3v) is 5.56. The first-order chi connectivity index (χ1) is 16.6. The lowest BCUT2D eigenvalue weighted by molar-refractivity contribution is -0.137. The van der Waals surface area contributed by atoms with E-state index in [4.69, 9.17) is 9.73 Å². The highest BCUT2D eigenvalue weighted by Gasteiger charge is 2.30. The highest BCUT2D eigenvalue weighted by Crippen LogP contribution is 2.32. The Morgan fingerprint density at radius 1 is 0.882 bits per heavy atom. The third-order valence-electron chi connectivity index (χ3n) is 5.56. The number of benzene rings is 3. The van der Waals surface area contributed by atoms with E-state index in [1.165, 1.54) is 0 Å². The predicted octanol–water partition coefficient (Wildman–Crippen LogP) is 5.32. The average Bonchev–Trinajstić information content (AvgIpc) is 3.02. The molecule has 0 radical (unpaired) electrons. The maximum absolute atomic E-state index is 13.8. The number of nitrogens with one attached hydrogen (secondary N) is 2. The van der Waals surface area contributed by atoms with Crippen LogP contribution in [0.15, 0.2) is 101 Å². The van der Waals surface area contributed by atoms with Gasteiger partial charge in [0.15, 0.2) is 0 Å². The summed E-state index contributed by atoms with van der Waals surface area (Å²) in [5.41, 5.74) is 3.94. The van der Waals surface area contributed by atoms with Gasteiger partial charge in [-0.1, -0.05) is 79.7 Å². The topological polar surface area (TPSA) is 79.8 Å². The van der Waals surface area contributed by atoms with Gasteiger partial charge in [-0.05, 0) is 36.6 Å². The summed E-state index contributed by atoms with van der Waals surface area (Å²) in [6.07, 6.45) is 0.526. The summed E-state index contributed by atoms with van der Waals surface area (Å²) in [6.45, 7) is 3.90. The largest absolute Gasteiger partial charge is 0.462 e. The zero-order valence-corrected chi connectivity index (χ0v) is 19.2. The van der Waals surface area contributed by atoms with Crippen LogP contribution in [0.4, 0.5) is 11.4 Å². The summed E-state index contributed by atoms with van der Waals surface area (Å²) in [6, 6.07) is 26.6. The number of esters is 1. The van der Waals surface area contributed by atoms with Crippen molar-refractivity contribution in [1.82, 2.24) is 5.32 Å². The summed E-state index contributed by atoms with van der Waals surface area (Å²) in [7, 11) is 0. The third kappa shape index (κ3) is 4.91. The van der Waals surface area contributed by atoms with E-state index < -0.39 is 11.9 Å². The molecule has 1 heterocycles. The van der Waals surface area contributed by atoms with Crippen LogP contribution in [0, 0.1) is 0 Å². The molecule has 0 aromatic heterocycles. The highest BCUT2D eigenvalue weighted by atomic mass is 16.5. The summed E-state index contributed by atoms with van der Waals surface area (Å²) < 4.78 is 5.34. The lowest BCUT2D eigenvalue weighted by Gasteiger charge is -2.20. The van der Waals surface area contributed by atoms with Gasteiger partial charge in [0.2, 0.25) is 5.91 Å². The second-order valence-corrected chi connectivity index (χ2v) is 7.77. The van der Waals surface area contributed by atoms with Gasteiger partial charge < -0.3 is 15.4 Å². The van der Waals surface area contributed by atoms with Crippen molar-refractivity contribution in [3.8, 4) is 0 Å². The van der Waals surface area contributed by atoms with Crippen LogP contribution >= 0.6 is 0 Å². The van der Waals surface area contributed by atoms with Gasteiger partial charge in [-0.15, -0.1) is 0 Å². The van der Waals surface area contributed by atoms with E-state index in [9.17, 15) is 9.59 Å². The van der Waals surface area contributed by atoms with Gasteiger partial charge in [0.05, 0.1) is 23.9 Å². The van der Waals surface area contributed by atoms with Crippen LogP contribution < -0.4 is 10.6 Å². The number of carbonyl (C=O) groups is 2. The van der Waals surface area contributed by atoms with E-state index in [1.54, 1.807) is 6.92 Å². The van der Waals surface area contributed by atoms with Gasteiger partial charge in [0.1, 0.15) is 11.4 Å². The monoisotopic (exact) mass is 453 g/mol. The van der Waals surface area contributed by atoms with E-state index in [0.29, 0.717) is 17.8 Å². The summed E-state index contributed by atoms with van der Waals surface area (Å²) in [5, 5.41) is 6.27. The number of fused-ring (bicyclic) bond motifs is 1. The molecule has 0 saturated heterocycles. The highest BCUT2D eigenvalue weighted by molar-refractivity contribution is 6.25. The SMILES string of the molecule is CCOC(=O)C1=C(CC)Nc2ccccc2N=C1NC(=O)C(c1ccccc1)c1ccccc1. The number of amides is 1. The van der Waals surface area contributed by atoms with Gasteiger partial charge in [0, 0.05) is 5.70 Å². The number of rotatable bonds is 6. The minimum absolute atomic E-state index is 0.176. The Labute approximate surface area is 199 Å². The molecule has 0 unspecified atom stereocenters. The van der Waals surface area contributed by atoms with Crippen LogP contribution in [0.25, 0.3) is 0 Å². The average molecular weight is 454 g/mol. The van der Waals surface area contributed by atoms with Crippen molar-refractivity contribution < 1.29 is 14.3 Å². The molecule has 0 bridgehead atoms. The number of aliphatic imine (C=N–C) groups is 1. The van der Waals surface area contributed by atoms with Gasteiger partial charge in [-0.3, -0.25) is 4.79 Å². The minimum Gasteiger partial charge on any atom is -0.462 e. The van der Waals surface area contributed by atoms with Gasteiger partial charge in [-0.25, -0.2) is 9.79 Å². The molecule has 4 rings (SSSR count). The standard InChI is InChI=1S/C28H27N3O3/c1-3-21-25(28(33)34-4-2)26(30-23-18-12-11-17-22(23)29-21)31-27(32)24(19-13-7-5-8-14-19)20-15-9-6-10-16-20/h5-18,24,29H,3-4H2,1-2H3,(H,30,31,32). The number of anilines is 1. The van der Waals surface area contributed by atoms with Crippen molar-refractivity contribution in [2.75, 3.05) is 11.9 Å². The molecular formula is C28H27N3O3. The normalized spacial score (nSPS) is 12.9. The second kappa shape index (κ2) is 10.6. The number of para-hydroxylation sites is 2. The molecule has 34 heavy (non-hydrogen) atoms. The Kier molecular flexibility index (Phi) is 7.18. The van der Waals surface area contributed by atoms with Crippen LogP contribution in [-0.2, 0) is 14.3 Å². The number of amidine groups is 1. The molecule has 0 aliphatic carbocycles. The molecule has 1 aliphatic rings. The first-order valence-corrected chi connectivity index (χ1v) is 11.4. The fraction of sp³-hybridized carbons (Fsp3) is 0.179. The van der Waals surface area contributed by atoms with Gasteiger partial charge in [0.25, 0.3) is 0 Å². The molecule has 0 spiro atoms. The zero-order chi connectivity index (χ0) is 23.9. The van der Waals surface area contributed by atoms with Crippen molar-refractivity contribution in [2.45, 2.75) is 26.2 Å². The first-order valence-electron chi connectivity index (χ1n) is 11.4. The molecule has 1 amide bonds. The Hall–Kier alpha value is -4.19. The maximum Gasteiger partial charge on any atom is 0.343 e. The summed E-state index contributed by atoms with van der Waals surface area (Å²) >= 11 is 0. The molecule has 0 fully saturated rings. The van der Waals surface area contributed by atoms with E-state index in [0.717, 1.165) is 16.8 Å². The smallest absolute Gasteiger partial charge is 0.343 e. The Balaban J connectivity index is 1.80. The minimum atomic E-state index is -0.579. The second-order valence-electron chi connectivity index (χ2n) is 7.77. The molecule has 3 aromatic rings. The van der Waals surface area contributed by atoms with Gasteiger partial charge >= 0.3 is 5.97 Å². The molecule has 6 nitrogen and oxygen atoms in total. The van der Waals surface area contributed by atoms with Crippen molar-refractivity contribution in [3.63, 3.8) is 0 Å². The van der Waals surface area contributed by atoms with Crippen molar-refractivity contribution >= 4 is 29.1 Å². The molecule has 172 valence electrons. The van der Waals surface area contributed by atoms with E-state index in [2.05, 4.69) is 10.6 Å². The molecule has 3 aromatic carbocycles. The lowest BCUT2D eigenvalue weighted by atomic mass is 9.90. The predicted molar refractivity (Wildman–Crippen MR) is 134 cm³/mol. The molecule has 1 aliphatic heterocycles. The van der Waals surface area contributed by atoms with Crippen LogP contribution in [0.1, 0.15) is 37.3 Å². The fourth-order valence-electron chi connectivity index (χ4n) is 3.97. The van der Waals surface area contributed by atoms with Gasteiger partial charge in [-0.2, -0.15) is 0 Å². The van der Waals surface area contributed by atoms with Crippen LogP contribution in [0.5, 0.6) is 0 Å². The van der Waals surface area contributed by atoms with E-state index in [-0.39, 0.29) is 23.9 Å². The fourth-order valence-corrected chi connectivity index (χ4v) is 3.97. The van der Waals surface area contributed by atoms with Crippen LogP contribution in [-0.4, -0.2) is 24.3 Å². The Bertz CT molecular complexity index is 1190. The van der Waals surface area contributed by atoms with E-state index >= 15 is 0 Å². The number of carbonyl (C=O) groups excluding carboxylic acids is 2. The Morgan fingerprint density at radius 3 is 2.06 bits per heavy atom. The molecule has 0 atom stereocenters. The molecule has 6 heteroatoms. The van der Waals surface area contributed by atoms with Crippen LogP contribution in [0.2, 0.25) is 0 Å². The molecular weight excluding hydrogens is 426 g/mol. The quantitative estimate of drug-likeness (QED) is 0.495. The van der Waals surface area contributed by atoms with Crippen molar-refractivity contribution in [3.05, 3.63) is 107 Å². The molecule has 0 saturated carbocycles. The maximum atomic E-state index is 13.8. The zero-order valence-electron chi connectivity index (χ0n) is 19.2. The van der Waals surface area contributed by atoms with Crippen molar-refractivity contribution in [2.24, 2.45) is 4.99 Å². The Morgan fingerprint density at radius 2 is 1.47 bits per heavy atom. The first kappa shape index (κ1) is 23.0.